The predicted octanol–water partition coefficient (Wildman–Crippen LogP) is 2.44. The van der Waals surface area contributed by atoms with Gasteiger partial charge in [-0.3, -0.25) is 9.59 Å². The van der Waals surface area contributed by atoms with Crippen LogP contribution in [0.4, 0.5) is 0 Å². The molecule has 2 aliphatic heterocycles. The highest BCUT2D eigenvalue weighted by Crippen LogP contribution is 2.47. The zero-order valence-electron chi connectivity index (χ0n) is 19.4. The van der Waals surface area contributed by atoms with Crippen LogP contribution in [0.15, 0.2) is 40.5 Å². The van der Waals surface area contributed by atoms with Crippen molar-refractivity contribution in [1.29, 1.82) is 0 Å². The average Bonchev–Trinajstić information content (AvgIpc) is 3.28. The van der Waals surface area contributed by atoms with E-state index in [1.807, 2.05) is 30.7 Å². The summed E-state index contributed by atoms with van der Waals surface area (Å²) in [7, 11) is 1.34. The van der Waals surface area contributed by atoms with Gasteiger partial charge in [-0.1, -0.05) is 20.4 Å². The van der Waals surface area contributed by atoms with Crippen molar-refractivity contribution in [2.24, 2.45) is 5.92 Å². The molecule has 10 heteroatoms. The average molecular weight is 495 g/mol. The van der Waals surface area contributed by atoms with Crippen LogP contribution in [0.1, 0.15) is 33.3 Å². The number of esters is 1. The van der Waals surface area contributed by atoms with Gasteiger partial charge in [0.2, 0.25) is 5.91 Å². The smallest absolute Gasteiger partial charge is 0.334 e. The molecule has 1 saturated heterocycles. The molecule has 0 aliphatic carbocycles. The highest BCUT2D eigenvalue weighted by atomic mass is 32.2. The van der Waals surface area contributed by atoms with Crippen LogP contribution < -0.4 is 5.32 Å². The van der Waals surface area contributed by atoms with E-state index < -0.39 is 40.7 Å². The summed E-state index contributed by atoms with van der Waals surface area (Å²) in [6, 6.07) is 0.696. The molecular formula is C23H30N2O6S2. The first-order valence-corrected chi connectivity index (χ1v) is 12.5. The molecule has 1 aromatic rings. The Kier molecular flexibility index (Phi) is 7.42. The summed E-state index contributed by atoms with van der Waals surface area (Å²) >= 11 is 2.69. The second kappa shape index (κ2) is 9.61. The van der Waals surface area contributed by atoms with Gasteiger partial charge in [-0.15, -0.1) is 11.8 Å². The van der Waals surface area contributed by atoms with E-state index in [-0.39, 0.29) is 18.2 Å². The lowest BCUT2D eigenvalue weighted by molar-refractivity contribution is -0.204. The van der Waals surface area contributed by atoms with Crippen LogP contribution in [0.25, 0.3) is 0 Å². The van der Waals surface area contributed by atoms with Crippen molar-refractivity contribution in [2.45, 2.75) is 63.0 Å². The Morgan fingerprint density at radius 1 is 1.42 bits per heavy atom. The molecule has 0 spiro atoms. The van der Waals surface area contributed by atoms with Crippen molar-refractivity contribution in [1.82, 2.24) is 10.2 Å². The van der Waals surface area contributed by atoms with Crippen LogP contribution in [-0.4, -0.2) is 63.7 Å². The van der Waals surface area contributed by atoms with Crippen LogP contribution in [-0.2, 0) is 30.3 Å². The normalized spacial score (nSPS) is 25.6. The van der Waals surface area contributed by atoms with Crippen molar-refractivity contribution < 1.29 is 29.0 Å². The zero-order valence-corrected chi connectivity index (χ0v) is 21.0. The SMILES string of the molecule is C=CC(C)(C)OC(=O)C1C(C(O)C(C)C)=CS[C@H]2N1C(=O)C2(NC(=O)Cc1ccsc1)OC. The summed E-state index contributed by atoms with van der Waals surface area (Å²) in [5, 5.41) is 18.2. The standard InChI is InChI=1S/C23H30N2O6S2/c1-7-22(4,5)31-19(28)17-15(18(27)13(2)3)12-33-21-23(30-6,20(29)25(17)21)24-16(26)10-14-8-9-32-11-14/h7-9,11-13,17-18,21,27H,1,10H2,2-6H3,(H,24,26)/t17?,18?,21-,23?/m1/s1. The molecule has 180 valence electrons. The van der Waals surface area contributed by atoms with E-state index in [1.54, 1.807) is 19.3 Å². The highest BCUT2D eigenvalue weighted by molar-refractivity contribution is 8.03. The third kappa shape index (κ3) is 4.75. The quantitative estimate of drug-likeness (QED) is 0.235. The number of thioether (sulfide) groups is 1. The molecule has 3 rings (SSSR count). The van der Waals surface area contributed by atoms with Gasteiger partial charge in [-0.2, -0.15) is 11.3 Å². The fourth-order valence-electron chi connectivity index (χ4n) is 3.72. The van der Waals surface area contributed by atoms with E-state index in [0.29, 0.717) is 5.57 Å². The van der Waals surface area contributed by atoms with Gasteiger partial charge in [0.05, 0.1) is 12.5 Å². The van der Waals surface area contributed by atoms with E-state index in [1.165, 1.54) is 41.2 Å². The molecule has 2 N–H and O–H groups in total. The van der Waals surface area contributed by atoms with Gasteiger partial charge in [0.15, 0.2) is 6.04 Å². The molecule has 3 unspecified atom stereocenters. The first kappa shape index (κ1) is 25.5. The number of aliphatic hydroxyl groups is 1. The number of aliphatic hydroxyl groups excluding tert-OH is 1. The van der Waals surface area contributed by atoms with E-state index in [4.69, 9.17) is 9.47 Å². The number of thiophene rings is 1. The van der Waals surface area contributed by atoms with Gasteiger partial charge in [-0.05, 0) is 59.2 Å². The van der Waals surface area contributed by atoms with Gasteiger partial charge in [-0.25, -0.2) is 4.79 Å². The lowest BCUT2D eigenvalue weighted by atomic mass is 9.88. The number of fused-ring (bicyclic) bond motifs is 1. The Morgan fingerprint density at radius 3 is 2.67 bits per heavy atom. The Balaban J connectivity index is 1.91. The van der Waals surface area contributed by atoms with Gasteiger partial charge in [0.25, 0.3) is 11.6 Å². The minimum absolute atomic E-state index is 0.103. The maximum Gasteiger partial charge on any atom is 0.334 e. The highest BCUT2D eigenvalue weighted by Gasteiger charge is 2.68. The molecule has 33 heavy (non-hydrogen) atoms. The fraction of sp³-hybridized carbons (Fsp3) is 0.522. The topological polar surface area (TPSA) is 105 Å². The van der Waals surface area contributed by atoms with Gasteiger partial charge < -0.3 is 24.8 Å². The van der Waals surface area contributed by atoms with Crippen molar-refractivity contribution in [3.05, 3.63) is 46.0 Å². The molecule has 2 aliphatic rings. The van der Waals surface area contributed by atoms with Crippen LogP contribution in [0.2, 0.25) is 0 Å². The van der Waals surface area contributed by atoms with Crippen LogP contribution in [0, 0.1) is 5.92 Å². The van der Waals surface area contributed by atoms with E-state index in [2.05, 4.69) is 11.9 Å². The van der Waals surface area contributed by atoms with Crippen molar-refractivity contribution >= 4 is 40.9 Å². The monoisotopic (exact) mass is 494 g/mol. The molecular weight excluding hydrogens is 464 g/mol. The molecule has 1 aromatic heterocycles. The maximum absolute atomic E-state index is 13.4. The molecule has 0 radical (unpaired) electrons. The third-order valence-electron chi connectivity index (χ3n) is 5.72. The minimum Gasteiger partial charge on any atom is -0.454 e. The Hall–Kier alpha value is -2.14. The lowest BCUT2D eigenvalue weighted by Crippen LogP contribution is -2.83. The number of nitrogens with zero attached hydrogens (tertiary/aromatic N) is 1. The summed E-state index contributed by atoms with van der Waals surface area (Å²) in [6.07, 6.45) is 0.636. The minimum atomic E-state index is -1.62. The van der Waals surface area contributed by atoms with Gasteiger partial charge >= 0.3 is 5.97 Å². The number of amides is 2. The van der Waals surface area contributed by atoms with E-state index >= 15 is 0 Å². The molecule has 3 heterocycles. The second-order valence-electron chi connectivity index (χ2n) is 8.94. The Morgan fingerprint density at radius 2 is 2.12 bits per heavy atom. The van der Waals surface area contributed by atoms with Crippen molar-refractivity contribution in [3.8, 4) is 0 Å². The Labute approximate surface area is 202 Å². The predicted molar refractivity (Wildman–Crippen MR) is 127 cm³/mol. The largest absolute Gasteiger partial charge is 0.454 e. The number of methoxy groups -OCH3 is 1. The van der Waals surface area contributed by atoms with Gasteiger partial charge in [0, 0.05) is 7.11 Å². The summed E-state index contributed by atoms with van der Waals surface area (Å²) < 4.78 is 11.1. The van der Waals surface area contributed by atoms with Crippen molar-refractivity contribution in [2.75, 3.05) is 7.11 Å². The number of β-lactam (4-membered cyclic amide) rings is 1. The number of nitrogens with one attached hydrogen (secondary N) is 1. The molecule has 2 amide bonds. The first-order valence-electron chi connectivity index (χ1n) is 10.6. The number of carbonyl (C=O) groups excluding carboxylic acids is 3. The number of hydrogen-bond acceptors (Lipinski definition) is 8. The summed E-state index contributed by atoms with van der Waals surface area (Å²) in [6.45, 7) is 10.7. The van der Waals surface area contributed by atoms with Crippen LogP contribution in [0.5, 0.6) is 0 Å². The summed E-state index contributed by atoms with van der Waals surface area (Å²) in [5.74, 6) is -1.81. The maximum atomic E-state index is 13.4. The second-order valence-corrected chi connectivity index (χ2v) is 10.7. The van der Waals surface area contributed by atoms with Crippen molar-refractivity contribution in [3.63, 3.8) is 0 Å². The lowest BCUT2D eigenvalue weighted by Gasteiger charge is -2.58. The fourth-order valence-corrected chi connectivity index (χ4v) is 5.74. The number of carbonyl (C=O) groups is 3. The third-order valence-corrected chi connectivity index (χ3v) is 7.68. The molecule has 1 fully saturated rings. The number of ether oxygens (including phenoxy) is 2. The zero-order chi connectivity index (χ0) is 24.6. The van der Waals surface area contributed by atoms with Crippen LogP contribution >= 0.6 is 23.1 Å². The number of rotatable bonds is 9. The molecule has 0 bridgehead atoms. The number of hydrogen-bond donors (Lipinski definition) is 2. The summed E-state index contributed by atoms with van der Waals surface area (Å²) in [5.41, 5.74) is -1.38. The van der Waals surface area contributed by atoms with Gasteiger partial charge in [0.1, 0.15) is 11.0 Å². The summed E-state index contributed by atoms with van der Waals surface area (Å²) in [4.78, 5) is 40.6. The molecule has 8 nitrogen and oxygen atoms in total. The van der Waals surface area contributed by atoms with E-state index in [9.17, 15) is 19.5 Å². The Bertz CT molecular complexity index is 958. The molecule has 0 saturated carbocycles. The molecule has 0 aromatic carbocycles. The molecule has 4 atom stereocenters. The van der Waals surface area contributed by atoms with Crippen LogP contribution in [0.3, 0.4) is 0 Å². The first-order chi connectivity index (χ1) is 15.5. The van der Waals surface area contributed by atoms with E-state index in [0.717, 1.165) is 5.56 Å².